The number of rotatable bonds is 4. The van der Waals surface area contributed by atoms with Gasteiger partial charge in [0.2, 0.25) is 0 Å². The van der Waals surface area contributed by atoms with Crippen LogP contribution >= 0.6 is 11.3 Å². The summed E-state index contributed by atoms with van der Waals surface area (Å²) in [5, 5.41) is 13.2. The van der Waals surface area contributed by atoms with Gasteiger partial charge in [-0.1, -0.05) is 23.5 Å². The third-order valence-corrected chi connectivity index (χ3v) is 4.45. The molecule has 1 aromatic carbocycles. The Labute approximate surface area is 109 Å². The lowest BCUT2D eigenvalue weighted by Gasteiger charge is -2.25. The Morgan fingerprint density at radius 2 is 2.22 bits per heavy atom. The number of hydrogen-bond acceptors (Lipinski definition) is 4. The number of aromatic nitrogens is 1. The molecule has 1 fully saturated rings. The molecule has 5 heteroatoms. The first-order chi connectivity index (χ1) is 8.59. The minimum Gasteiger partial charge on any atom is -0.480 e. The zero-order valence-corrected chi connectivity index (χ0v) is 10.8. The summed E-state index contributed by atoms with van der Waals surface area (Å²) < 4.78 is 1.07. The SMILES string of the molecule is CC(Nc1nc2ccccc2s1)(C(=O)O)C1CC1. The van der Waals surface area contributed by atoms with Crippen LogP contribution in [0.3, 0.4) is 0 Å². The van der Waals surface area contributed by atoms with E-state index < -0.39 is 11.5 Å². The number of carboxylic acids is 1. The van der Waals surface area contributed by atoms with Gasteiger partial charge < -0.3 is 10.4 Å². The van der Waals surface area contributed by atoms with E-state index in [-0.39, 0.29) is 5.92 Å². The van der Waals surface area contributed by atoms with E-state index in [0.29, 0.717) is 5.13 Å². The number of carbonyl (C=O) groups is 1. The number of hydrogen-bond donors (Lipinski definition) is 2. The Hall–Kier alpha value is -1.62. The molecule has 0 saturated heterocycles. The highest BCUT2D eigenvalue weighted by molar-refractivity contribution is 7.22. The summed E-state index contributed by atoms with van der Waals surface area (Å²) in [5.74, 6) is -0.591. The van der Waals surface area contributed by atoms with E-state index in [9.17, 15) is 9.90 Å². The highest BCUT2D eigenvalue weighted by Gasteiger charge is 2.48. The van der Waals surface area contributed by atoms with Crippen molar-refractivity contribution in [2.45, 2.75) is 25.3 Å². The maximum absolute atomic E-state index is 11.4. The summed E-state index contributed by atoms with van der Waals surface area (Å²) in [7, 11) is 0. The highest BCUT2D eigenvalue weighted by Crippen LogP contribution is 2.42. The zero-order chi connectivity index (χ0) is 12.8. The van der Waals surface area contributed by atoms with Gasteiger partial charge in [0.15, 0.2) is 5.13 Å². The van der Waals surface area contributed by atoms with Crippen molar-refractivity contribution in [1.29, 1.82) is 0 Å². The molecule has 1 heterocycles. The quantitative estimate of drug-likeness (QED) is 0.889. The summed E-state index contributed by atoms with van der Waals surface area (Å²) in [6, 6.07) is 7.82. The number of carboxylic acid groups (broad SMARTS) is 1. The Kier molecular flexibility index (Phi) is 2.52. The van der Waals surface area contributed by atoms with Gasteiger partial charge in [0.1, 0.15) is 5.54 Å². The molecule has 1 aliphatic carbocycles. The van der Waals surface area contributed by atoms with Gasteiger partial charge in [0.05, 0.1) is 10.2 Å². The average Bonchev–Trinajstić information content (AvgIpc) is 3.10. The summed E-state index contributed by atoms with van der Waals surface area (Å²) >= 11 is 1.50. The fourth-order valence-corrected chi connectivity index (χ4v) is 3.12. The lowest BCUT2D eigenvalue weighted by molar-refractivity contribution is -0.142. The van der Waals surface area contributed by atoms with Crippen molar-refractivity contribution in [1.82, 2.24) is 4.98 Å². The molecule has 0 amide bonds. The molecule has 0 radical (unpaired) electrons. The topological polar surface area (TPSA) is 62.2 Å². The lowest BCUT2D eigenvalue weighted by atomic mass is 9.96. The van der Waals surface area contributed by atoms with E-state index in [0.717, 1.165) is 23.1 Å². The standard InChI is InChI=1S/C13H14N2O2S/c1-13(11(16)17,8-6-7-8)15-12-14-9-4-2-3-5-10(9)18-12/h2-5,8H,6-7H2,1H3,(H,14,15)(H,16,17). The fourth-order valence-electron chi connectivity index (χ4n) is 2.14. The van der Waals surface area contributed by atoms with Gasteiger partial charge in [-0.2, -0.15) is 0 Å². The Morgan fingerprint density at radius 3 is 2.83 bits per heavy atom. The van der Waals surface area contributed by atoms with Crippen LogP contribution < -0.4 is 5.32 Å². The molecule has 1 atom stereocenters. The second-order valence-electron chi connectivity index (χ2n) is 4.89. The van der Waals surface area contributed by atoms with Crippen molar-refractivity contribution in [3.63, 3.8) is 0 Å². The average molecular weight is 262 g/mol. The van der Waals surface area contributed by atoms with Gasteiger partial charge in [-0.3, -0.25) is 0 Å². The Balaban J connectivity index is 1.92. The third kappa shape index (κ3) is 1.84. The van der Waals surface area contributed by atoms with Gasteiger partial charge in [0.25, 0.3) is 0 Å². The van der Waals surface area contributed by atoms with Crippen molar-refractivity contribution < 1.29 is 9.90 Å². The maximum Gasteiger partial charge on any atom is 0.329 e. The molecular formula is C13H14N2O2S. The number of fused-ring (bicyclic) bond motifs is 1. The summed E-state index contributed by atoms with van der Waals surface area (Å²) in [6.07, 6.45) is 1.95. The maximum atomic E-state index is 11.4. The first kappa shape index (κ1) is 11.5. The van der Waals surface area contributed by atoms with Crippen LogP contribution in [0, 0.1) is 5.92 Å². The van der Waals surface area contributed by atoms with Crippen LogP contribution in [0.4, 0.5) is 5.13 Å². The van der Waals surface area contributed by atoms with E-state index in [1.165, 1.54) is 11.3 Å². The van der Waals surface area contributed by atoms with E-state index in [4.69, 9.17) is 0 Å². The second kappa shape index (κ2) is 3.95. The van der Waals surface area contributed by atoms with Crippen molar-refractivity contribution in [2.75, 3.05) is 5.32 Å². The number of para-hydroxylation sites is 1. The first-order valence-corrected chi connectivity index (χ1v) is 6.78. The predicted molar refractivity (Wildman–Crippen MR) is 72.0 cm³/mol. The van der Waals surface area contributed by atoms with Crippen LogP contribution in [-0.2, 0) is 4.79 Å². The lowest BCUT2D eigenvalue weighted by Crippen LogP contribution is -2.45. The molecule has 3 rings (SSSR count). The summed E-state index contributed by atoms with van der Waals surface area (Å²) in [6.45, 7) is 1.75. The third-order valence-electron chi connectivity index (χ3n) is 3.50. The largest absolute Gasteiger partial charge is 0.480 e. The zero-order valence-electron chi connectivity index (χ0n) is 10.0. The second-order valence-corrected chi connectivity index (χ2v) is 5.92. The Morgan fingerprint density at radius 1 is 1.50 bits per heavy atom. The number of benzene rings is 1. The number of nitrogens with one attached hydrogen (secondary N) is 1. The van der Waals surface area contributed by atoms with E-state index in [1.54, 1.807) is 6.92 Å². The number of aliphatic carboxylic acids is 1. The molecule has 0 aliphatic heterocycles. The van der Waals surface area contributed by atoms with Crippen LogP contribution in [0.1, 0.15) is 19.8 Å². The Bertz CT molecular complexity index is 573. The molecule has 94 valence electrons. The smallest absolute Gasteiger partial charge is 0.329 e. The predicted octanol–water partition coefficient (Wildman–Crippen LogP) is 2.96. The van der Waals surface area contributed by atoms with Crippen LogP contribution in [0.2, 0.25) is 0 Å². The van der Waals surface area contributed by atoms with Crippen LogP contribution in [0.15, 0.2) is 24.3 Å². The highest BCUT2D eigenvalue weighted by atomic mass is 32.1. The van der Waals surface area contributed by atoms with E-state index in [1.807, 2.05) is 24.3 Å². The van der Waals surface area contributed by atoms with Crippen LogP contribution in [0.5, 0.6) is 0 Å². The van der Waals surface area contributed by atoms with Crippen LogP contribution in [0.25, 0.3) is 10.2 Å². The molecule has 2 N–H and O–H groups in total. The molecular weight excluding hydrogens is 248 g/mol. The normalized spacial score (nSPS) is 18.5. The van der Waals surface area contributed by atoms with Gasteiger partial charge in [-0.05, 0) is 37.8 Å². The molecule has 0 spiro atoms. The number of anilines is 1. The van der Waals surface area contributed by atoms with Crippen molar-refractivity contribution >= 4 is 32.7 Å². The first-order valence-electron chi connectivity index (χ1n) is 5.97. The van der Waals surface area contributed by atoms with Crippen molar-refractivity contribution in [3.8, 4) is 0 Å². The number of nitrogens with zero attached hydrogens (tertiary/aromatic N) is 1. The fraction of sp³-hybridized carbons (Fsp3) is 0.385. The summed E-state index contributed by atoms with van der Waals surface area (Å²) in [5.41, 5.74) is 0.0157. The molecule has 1 unspecified atom stereocenters. The molecule has 18 heavy (non-hydrogen) atoms. The monoisotopic (exact) mass is 262 g/mol. The van der Waals surface area contributed by atoms with E-state index >= 15 is 0 Å². The molecule has 1 aliphatic rings. The molecule has 1 saturated carbocycles. The minimum atomic E-state index is -0.895. The van der Waals surface area contributed by atoms with Gasteiger partial charge in [0, 0.05) is 0 Å². The molecule has 2 aromatic rings. The van der Waals surface area contributed by atoms with Gasteiger partial charge in [-0.15, -0.1) is 0 Å². The van der Waals surface area contributed by atoms with Gasteiger partial charge in [-0.25, -0.2) is 9.78 Å². The van der Waals surface area contributed by atoms with Crippen molar-refractivity contribution in [3.05, 3.63) is 24.3 Å². The minimum absolute atomic E-state index is 0.210. The summed E-state index contributed by atoms with van der Waals surface area (Å²) in [4.78, 5) is 15.9. The number of thiazole rings is 1. The molecule has 1 aromatic heterocycles. The van der Waals surface area contributed by atoms with Crippen molar-refractivity contribution in [2.24, 2.45) is 5.92 Å². The van der Waals surface area contributed by atoms with Crippen LogP contribution in [-0.4, -0.2) is 21.6 Å². The molecule has 0 bridgehead atoms. The van der Waals surface area contributed by atoms with E-state index in [2.05, 4.69) is 10.3 Å². The van der Waals surface area contributed by atoms with Gasteiger partial charge >= 0.3 is 5.97 Å². The molecule has 4 nitrogen and oxygen atoms in total.